The zero-order valence-corrected chi connectivity index (χ0v) is 14.8. The van der Waals surface area contributed by atoms with Crippen LogP contribution in [0.3, 0.4) is 0 Å². The van der Waals surface area contributed by atoms with Crippen molar-refractivity contribution in [3.8, 4) is 0 Å². The average Bonchev–Trinajstić information content (AvgIpc) is 2.50. The molecule has 22 heavy (non-hydrogen) atoms. The van der Waals surface area contributed by atoms with Gasteiger partial charge in [0, 0.05) is 25.6 Å². The molecule has 0 unspecified atom stereocenters. The van der Waals surface area contributed by atoms with Crippen LogP contribution in [-0.2, 0) is 9.59 Å². The number of halogens is 1. The van der Waals surface area contributed by atoms with Gasteiger partial charge in [-0.05, 0) is 25.7 Å². The molecule has 0 aliphatic heterocycles. The Labute approximate surface area is 140 Å². The van der Waals surface area contributed by atoms with Crippen molar-refractivity contribution < 1.29 is 9.59 Å². The van der Waals surface area contributed by atoms with Crippen LogP contribution in [0.5, 0.6) is 0 Å². The Morgan fingerprint density at radius 2 is 1.73 bits per heavy atom. The van der Waals surface area contributed by atoms with Crippen LogP contribution >= 0.6 is 12.4 Å². The zero-order chi connectivity index (χ0) is 15.7. The number of carbonyl (C=O) groups is 2. The molecule has 130 valence electrons. The Morgan fingerprint density at radius 1 is 1.14 bits per heavy atom. The summed E-state index contributed by atoms with van der Waals surface area (Å²) in [4.78, 5) is 24.1. The van der Waals surface area contributed by atoms with Crippen LogP contribution in [0, 0.1) is 5.41 Å². The van der Waals surface area contributed by atoms with Gasteiger partial charge in [0.05, 0.1) is 5.41 Å². The molecule has 0 spiro atoms. The van der Waals surface area contributed by atoms with Crippen LogP contribution in [-0.4, -0.2) is 30.9 Å². The molecule has 1 fully saturated rings. The standard InChI is InChI=1S/C16H31N3O2.ClH/c1-3-16(4-2,12-17)15(21)18-11-10-14(20)19-13-8-6-5-7-9-13;/h13H,3-12,17H2,1-2H3,(H,18,21)(H,19,20);1H. The molecule has 0 aromatic heterocycles. The van der Waals surface area contributed by atoms with E-state index in [0.29, 0.717) is 25.6 Å². The Kier molecular flexibility index (Phi) is 10.4. The first-order chi connectivity index (χ1) is 10.1. The monoisotopic (exact) mass is 333 g/mol. The molecule has 2 amide bonds. The normalized spacial score (nSPS) is 15.8. The fraction of sp³-hybridized carbons (Fsp3) is 0.875. The lowest BCUT2D eigenvalue weighted by Crippen LogP contribution is -2.46. The number of hydrogen-bond acceptors (Lipinski definition) is 3. The Balaban J connectivity index is 0.00000441. The summed E-state index contributed by atoms with van der Waals surface area (Å²) in [5.74, 6) is 0.00834. The van der Waals surface area contributed by atoms with Crippen molar-refractivity contribution in [2.24, 2.45) is 11.1 Å². The molecule has 0 aromatic rings. The SMILES string of the molecule is CCC(CC)(CN)C(=O)NCCC(=O)NC1CCCCC1.Cl. The second-order valence-corrected chi connectivity index (χ2v) is 6.10. The van der Waals surface area contributed by atoms with Crippen molar-refractivity contribution in [2.45, 2.75) is 71.3 Å². The molecule has 6 heteroatoms. The van der Waals surface area contributed by atoms with Gasteiger partial charge in [-0.15, -0.1) is 12.4 Å². The molecular formula is C16H32ClN3O2. The maximum Gasteiger partial charge on any atom is 0.227 e. The summed E-state index contributed by atoms with van der Waals surface area (Å²) >= 11 is 0. The summed E-state index contributed by atoms with van der Waals surface area (Å²) < 4.78 is 0. The van der Waals surface area contributed by atoms with E-state index in [-0.39, 0.29) is 24.2 Å². The van der Waals surface area contributed by atoms with Crippen molar-refractivity contribution in [3.63, 3.8) is 0 Å². The van der Waals surface area contributed by atoms with Crippen LogP contribution in [0.1, 0.15) is 65.2 Å². The topological polar surface area (TPSA) is 84.2 Å². The Morgan fingerprint density at radius 3 is 2.23 bits per heavy atom. The lowest BCUT2D eigenvalue weighted by Gasteiger charge is -2.28. The molecule has 1 aliphatic carbocycles. The second kappa shape index (κ2) is 10.8. The number of rotatable bonds is 8. The molecule has 0 saturated heterocycles. The van der Waals surface area contributed by atoms with E-state index in [4.69, 9.17) is 5.73 Å². The zero-order valence-electron chi connectivity index (χ0n) is 14.0. The minimum Gasteiger partial charge on any atom is -0.355 e. The Bertz CT molecular complexity index is 332. The van der Waals surface area contributed by atoms with Gasteiger partial charge in [-0.3, -0.25) is 9.59 Å². The third-order valence-electron chi connectivity index (χ3n) is 4.83. The lowest BCUT2D eigenvalue weighted by molar-refractivity contribution is -0.131. The van der Waals surface area contributed by atoms with Gasteiger partial charge in [0.2, 0.25) is 11.8 Å². The summed E-state index contributed by atoms with van der Waals surface area (Å²) in [6.45, 7) is 4.69. The molecule has 0 bridgehead atoms. The van der Waals surface area contributed by atoms with E-state index in [9.17, 15) is 9.59 Å². The van der Waals surface area contributed by atoms with Crippen molar-refractivity contribution in [1.29, 1.82) is 0 Å². The van der Waals surface area contributed by atoms with Crippen molar-refractivity contribution in [1.82, 2.24) is 10.6 Å². The average molecular weight is 334 g/mol. The first-order valence-corrected chi connectivity index (χ1v) is 8.35. The van der Waals surface area contributed by atoms with Gasteiger partial charge in [0.25, 0.3) is 0 Å². The number of nitrogens with one attached hydrogen (secondary N) is 2. The van der Waals surface area contributed by atoms with E-state index >= 15 is 0 Å². The minimum atomic E-state index is -0.486. The van der Waals surface area contributed by atoms with E-state index in [1.807, 2.05) is 13.8 Å². The quantitative estimate of drug-likeness (QED) is 0.636. The van der Waals surface area contributed by atoms with Gasteiger partial charge >= 0.3 is 0 Å². The van der Waals surface area contributed by atoms with Gasteiger partial charge in [-0.1, -0.05) is 33.1 Å². The number of carbonyl (C=O) groups excluding carboxylic acids is 2. The number of nitrogens with two attached hydrogens (primary N) is 1. The number of hydrogen-bond donors (Lipinski definition) is 3. The summed E-state index contributed by atoms with van der Waals surface area (Å²) in [5.41, 5.74) is 5.26. The molecule has 1 rings (SSSR count). The minimum absolute atomic E-state index is 0. The molecule has 5 nitrogen and oxygen atoms in total. The molecule has 0 radical (unpaired) electrons. The third kappa shape index (κ3) is 6.13. The second-order valence-electron chi connectivity index (χ2n) is 6.10. The van der Waals surface area contributed by atoms with E-state index in [1.54, 1.807) is 0 Å². The smallest absolute Gasteiger partial charge is 0.227 e. The van der Waals surface area contributed by atoms with Crippen LogP contribution in [0.4, 0.5) is 0 Å². The molecule has 1 saturated carbocycles. The molecule has 0 heterocycles. The van der Waals surface area contributed by atoms with Crippen molar-refractivity contribution in [3.05, 3.63) is 0 Å². The van der Waals surface area contributed by atoms with Gasteiger partial charge < -0.3 is 16.4 Å². The molecule has 4 N–H and O–H groups in total. The van der Waals surface area contributed by atoms with Gasteiger partial charge in [-0.2, -0.15) is 0 Å². The highest BCUT2D eigenvalue weighted by Crippen LogP contribution is 2.24. The molecule has 0 atom stereocenters. The number of amides is 2. The van der Waals surface area contributed by atoms with Crippen LogP contribution in [0.2, 0.25) is 0 Å². The van der Waals surface area contributed by atoms with Crippen LogP contribution < -0.4 is 16.4 Å². The fourth-order valence-corrected chi connectivity index (χ4v) is 2.98. The molecule has 1 aliphatic rings. The molecule has 0 aromatic carbocycles. The van der Waals surface area contributed by atoms with Crippen LogP contribution in [0.25, 0.3) is 0 Å². The Hall–Kier alpha value is -0.810. The fourth-order valence-electron chi connectivity index (χ4n) is 2.98. The highest BCUT2D eigenvalue weighted by atomic mass is 35.5. The van der Waals surface area contributed by atoms with E-state index < -0.39 is 5.41 Å². The van der Waals surface area contributed by atoms with Gasteiger partial charge in [-0.25, -0.2) is 0 Å². The van der Waals surface area contributed by atoms with E-state index in [1.165, 1.54) is 19.3 Å². The maximum absolute atomic E-state index is 12.2. The predicted octanol–water partition coefficient (Wildman–Crippen LogP) is 2.13. The van der Waals surface area contributed by atoms with Gasteiger partial charge in [0.15, 0.2) is 0 Å². The van der Waals surface area contributed by atoms with E-state index in [2.05, 4.69) is 10.6 Å². The van der Waals surface area contributed by atoms with Gasteiger partial charge in [0.1, 0.15) is 0 Å². The van der Waals surface area contributed by atoms with Crippen molar-refractivity contribution in [2.75, 3.05) is 13.1 Å². The first kappa shape index (κ1) is 21.2. The summed E-state index contributed by atoms with van der Waals surface area (Å²) in [6.07, 6.45) is 7.63. The third-order valence-corrected chi connectivity index (χ3v) is 4.83. The van der Waals surface area contributed by atoms with Crippen molar-refractivity contribution >= 4 is 24.2 Å². The highest BCUT2D eigenvalue weighted by molar-refractivity contribution is 5.85. The predicted molar refractivity (Wildman–Crippen MR) is 92.0 cm³/mol. The first-order valence-electron chi connectivity index (χ1n) is 8.35. The summed E-state index contributed by atoms with van der Waals surface area (Å²) in [6, 6.07) is 0.330. The highest BCUT2D eigenvalue weighted by Gasteiger charge is 2.32. The molecular weight excluding hydrogens is 302 g/mol. The summed E-state index contributed by atoms with van der Waals surface area (Å²) in [5, 5.41) is 5.92. The van der Waals surface area contributed by atoms with Crippen LogP contribution in [0.15, 0.2) is 0 Å². The van der Waals surface area contributed by atoms with E-state index in [0.717, 1.165) is 25.7 Å². The summed E-state index contributed by atoms with van der Waals surface area (Å²) in [7, 11) is 0. The largest absolute Gasteiger partial charge is 0.355 e. The lowest BCUT2D eigenvalue weighted by atomic mass is 9.81. The maximum atomic E-state index is 12.2.